The van der Waals surface area contributed by atoms with Crippen molar-refractivity contribution in [2.75, 3.05) is 11.4 Å². The summed E-state index contributed by atoms with van der Waals surface area (Å²) in [5.74, 6) is 0. The van der Waals surface area contributed by atoms with Crippen molar-refractivity contribution < 1.29 is 0 Å². The van der Waals surface area contributed by atoms with Crippen LogP contribution < -0.4 is 4.90 Å². The van der Waals surface area contributed by atoms with Crippen LogP contribution in [0.25, 0.3) is 0 Å². The van der Waals surface area contributed by atoms with Gasteiger partial charge in [-0.3, -0.25) is 7.05 Å². The van der Waals surface area contributed by atoms with Gasteiger partial charge in [-0.05, 0) is 24.6 Å². The van der Waals surface area contributed by atoms with Crippen LogP contribution in [0.15, 0.2) is 24.3 Å². The van der Waals surface area contributed by atoms with E-state index < -0.39 is 0 Å². The van der Waals surface area contributed by atoms with Crippen LogP contribution in [-0.2, 0) is 6.42 Å². The fourth-order valence-corrected chi connectivity index (χ4v) is 1.41. The minimum atomic E-state index is 1.07. The molecule has 0 saturated heterocycles. The SMILES string of the molecule is [CH2-]N1CCc2ccccc21. The molecule has 0 aromatic heterocycles. The van der Waals surface area contributed by atoms with E-state index in [0.29, 0.717) is 0 Å². The van der Waals surface area contributed by atoms with Gasteiger partial charge in [-0.25, -0.2) is 0 Å². The molecule has 0 radical (unpaired) electrons. The largest absolute Gasteiger partial charge is 0.525 e. The third kappa shape index (κ3) is 0.703. The highest BCUT2D eigenvalue weighted by Crippen LogP contribution is 2.25. The normalized spacial score (nSPS) is 15.5. The molecule has 0 unspecified atom stereocenters. The van der Waals surface area contributed by atoms with Gasteiger partial charge in [0, 0.05) is 5.69 Å². The number of para-hydroxylation sites is 1. The average molecular weight is 132 g/mol. The summed E-state index contributed by atoms with van der Waals surface area (Å²) in [6, 6.07) is 8.43. The second-order valence-corrected chi connectivity index (χ2v) is 2.64. The van der Waals surface area contributed by atoms with Crippen molar-refractivity contribution in [2.45, 2.75) is 6.42 Å². The summed E-state index contributed by atoms with van der Waals surface area (Å²) in [4.78, 5) is 2.05. The van der Waals surface area contributed by atoms with Crippen molar-refractivity contribution in [3.8, 4) is 0 Å². The van der Waals surface area contributed by atoms with E-state index >= 15 is 0 Å². The molecular weight excluding hydrogens is 122 g/mol. The third-order valence-electron chi connectivity index (χ3n) is 1.98. The second kappa shape index (κ2) is 2.01. The van der Waals surface area contributed by atoms with Gasteiger partial charge in [0.25, 0.3) is 0 Å². The predicted molar refractivity (Wildman–Crippen MR) is 42.8 cm³/mol. The van der Waals surface area contributed by atoms with Crippen LogP contribution >= 0.6 is 0 Å². The first-order valence-corrected chi connectivity index (χ1v) is 3.54. The van der Waals surface area contributed by atoms with Gasteiger partial charge in [0.2, 0.25) is 0 Å². The first kappa shape index (κ1) is 5.78. The Kier molecular flexibility index (Phi) is 1.16. The molecule has 0 N–H and O–H groups in total. The zero-order chi connectivity index (χ0) is 6.97. The molecule has 0 spiro atoms. The van der Waals surface area contributed by atoms with E-state index in [1.807, 2.05) is 0 Å². The topological polar surface area (TPSA) is 3.24 Å². The molecule has 1 aliphatic rings. The molecular formula is C9H10N-. The average Bonchev–Trinajstić information content (AvgIpc) is 2.34. The quantitative estimate of drug-likeness (QED) is 0.487. The fraction of sp³-hybridized carbons (Fsp3) is 0.222. The number of nitrogens with zero attached hydrogens (tertiary/aromatic N) is 1. The van der Waals surface area contributed by atoms with Gasteiger partial charge in [0.1, 0.15) is 0 Å². The molecule has 0 amide bonds. The van der Waals surface area contributed by atoms with Crippen molar-refractivity contribution in [1.82, 2.24) is 0 Å². The van der Waals surface area contributed by atoms with Crippen LogP contribution in [0.2, 0.25) is 0 Å². The van der Waals surface area contributed by atoms with Crippen LogP contribution in [0.5, 0.6) is 0 Å². The zero-order valence-electron chi connectivity index (χ0n) is 5.88. The Balaban J connectivity index is 2.51. The number of hydrogen-bond acceptors (Lipinski definition) is 1. The Morgan fingerprint density at radius 2 is 2.10 bits per heavy atom. The van der Waals surface area contributed by atoms with Crippen LogP contribution in [0.3, 0.4) is 0 Å². The first-order chi connectivity index (χ1) is 4.88. The predicted octanol–water partition coefficient (Wildman–Crippen LogP) is 1.84. The lowest BCUT2D eigenvalue weighted by atomic mass is 10.2. The van der Waals surface area contributed by atoms with E-state index in [9.17, 15) is 0 Å². The molecule has 52 valence electrons. The molecule has 0 saturated carbocycles. The maximum absolute atomic E-state index is 3.91. The van der Waals surface area contributed by atoms with Crippen LogP contribution in [-0.4, -0.2) is 6.54 Å². The highest BCUT2D eigenvalue weighted by molar-refractivity contribution is 5.57. The lowest BCUT2D eigenvalue weighted by Gasteiger charge is -2.20. The van der Waals surface area contributed by atoms with Gasteiger partial charge in [0.15, 0.2) is 0 Å². The Bertz CT molecular complexity index is 242. The van der Waals surface area contributed by atoms with Crippen LogP contribution in [0, 0.1) is 7.05 Å². The minimum Gasteiger partial charge on any atom is -0.525 e. The highest BCUT2D eigenvalue weighted by atomic mass is 15.1. The molecule has 2 rings (SSSR count). The van der Waals surface area contributed by atoms with Gasteiger partial charge in [0.05, 0.1) is 0 Å². The molecule has 10 heavy (non-hydrogen) atoms. The summed E-state index contributed by atoms with van der Waals surface area (Å²) >= 11 is 0. The summed E-state index contributed by atoms with van der Waals surface area (Å²) in [5, 5.41) is 0. The number of rotatable bonds is 0. The minimum absolute atomic E-state index is 1.07. The van der Waals surface area contributed by atoms with E-state index in [2.05, 4.69) is 36.2 Å². The molecule has 0 bridgehead atoms. The zero-order valence-corrected chi connectivity index (χ0v) is 5.88. The fourth-order valence-electron chi connectivity index (χ4n) is 1.41. The summed E-state index contributed by atoms with van der Waals surface area (Å²) in [6.07, 6.45) is 1.15. The van der Waals surface area contributed by atoms with Gasteiger partial charge in [-0.2, -0.15) is 0 Å². The van der Waals surface area contributed by atoms with Crippen molar-refractivity contribution >= 4 is 5.69 Å². The second-order valence-electron chi connectivity index (χ2n) is 2.64. The molecule has 0 atom stereocenters. The molecule has 1 aliphatic heterocycles. The molecule has 1 aromatic rings. The van der Waals surface area contributed by atoms with Crippen molar-refractivity contribution in [2.24, 2.45) is 0 Å². The van der Waals surface area contributed by atoms with E-state index in [0.717, 1.165) is 13.0 Å². The monoisotopic (exact) mass is 132 g/mol. The molecule has 1 heterocycles. The van der Waals surface area contributed by atoms with Crippen LogP contribution in [0.1, 0.15) is 5.56 Å². The smallest absolute Gasteiger partial charge is 0.0102 e. The lowest BCUT2D eigenvalue weighted by molar-refractivity contribution is 0.991. The van der Waals surface area contributed by atoms with Gasteiger partial charge < -0.3 is 4.90 Å². The molecule has 0 aliphatic carbocycles. The number of hydrogen-bond donors (Lipinski definition) is 0. The Labute approximate surface area is 61.3 Å². The molecule has 1 heteroatoms. The Morgan fingerprint density at radius 3 is 2.90 bits per heavy atom. The highest BCUT2D eigenvalue weighted by Gasteiger charge is 2.08. The summed E-state index contributed by atoms with van der Waals surface area (Å²) in [5.41, 5.74) is 2.72. The summed E-state index contributed by atoms with van der Waals surface area (Å²) < 4.78 is 0. The van der Waals surface area contributed by atoms with Gasteiger partial charge in [-0.15, -0.1) is 0 Å². The van der Waals surface area contributed by atoms with E-state index in [-0.39, 0.29) is 0 Å². The number of benzene rings is 1. The maximum atomic E-state index is 3.91. The van der Waals surface area contributed by atoms with Gasteiger partial charge in [-0.1, -0.05) is 18.2 Å². The number of anilines is 1. The Hall–Kier alpha value is -0.980. The summed E-state index contributed by atoms with van der Waals surface area (Å²) in [7, 11) is 3.91. The van der Waals surface area contributed by atoms with E-state index in [4.69, 9.17) is 0 Å². The van der Waals surface area contributed by atoms with E-state index in [1.165, 1.54) is 11.3 Å². The molecule has 0 fully saturated rings. The van der Waals surface area contributed by atoms with Crippen molar-refractivity contribution in [3.05, 3.63) is 36.9 Å². The van der Waals surface area contributed by atoms with Crippen molar-refractivity contribution in [3.63, 3.8) is 0 Å². The van der Waals surface area contributed by atoms with Gasteiger partial charge >= 0.3 is 0 Å². The first-order valence-electron chi connectivity index (χ1n) is 3.54. The third-order valence-corrected chi connectivity index (χ3v) is 1.98. The standard InChI is InChI=1S/C9H10N/c1-10-7-6-8-4-2-3-5-9(8)10/h2-5H,1,6-7H2/q-1. The summed E-state index contributed by atoms with van der Waals surface area (Å²) in [6.45, 7) is 1.07. The Morgan fingerprint density at radius 1 is 1.30 bits per heavy atom. The van der Waals surface area contributed by atoms with E-state index in [1.54, 1.807) is 0 Å². The number of fused-ring (bicyclic) bond motifs is 1. The molecule has 1 aromatic carbocycles. The lowest BCUT2D eigenvalue weighted by Crippen LogP contribution is -2.08. The molecule has 1 nitrogen and oxygen atoms in total. The van der Waals surface area contributed by atoms with Crippen LogP contribution in [0.4, 0.5) is 5.69 Å². The maximum Gasteiger partial charge on any atom is 0.0102 e. The van der Waals surface area contributed by atoms with Crippen molar-refractivity contribution in [1.29, 1.82) is 0 Å².